The Kier molecular flexibility index (Phi) is 9.16. The highest BCUT2D eigenvalue weighted by molar-refractivity contribution is 7.18. The van der Waals surface area contributed by atoms with E-state index in [2.05, 4.69) is 11.6 Å². The van der Waals surface area contributed by atoms with Crippen molar-refractivity contribution >= 4 is 27.3 Å². The number of carbonyl (C=O) groups excluding carboxylic acids is 1. The molecule has 1 aromatic carbocycles. The summed E-state index contributed by atoms with van der Waals surface area (Å²) in [5, 5.41) is 26.2. The number of hydrogen-bond acceptors (Lipinski definition) is 9. The van der Waals surface area contributed by atoms with E-state index in [4.69, 9.17) is 14.8 Å². The molecular formula is C36H34F4N6O4S. The number of aliphatic hydroxyl groups excluding tert-OH is 2. The number of nitrogens with zero attached hydrogens (tertiary/aromatic N) is 6. The van der Waals surface area contributed by atoms with Gasteiger partial charge in [-0.2, -0.15) is 13.9 Å². The number of rotatable bonds is 9. The number of carbonyl (C=O) groups is 1. The Balaban J connectivity index is 1.49. The van der Waals surface area contributed by atoms with Gasteiger partial charge in [-0.15, -0.1) is 11.3 Å². The average molecular weight is 723 g/mol. The Morgan fingerprint density at radius 2 is 1.94 bits per heavy atom. The third kappa shape index (κ3) is 6.07. The summed E-state index contributed by atoms with van der Waals surface area (Å²) in [5.74, 6) is -5.44. The summed E-state index contributed by atoms with van der Waals surface area (Å²) < 4.78 is 69.1. The normalized spacial score (nSPS) is 18.5. The van der Waals surface area contributed by atoms with E-state index in [-0.39, 0.29) is 72.1 Å². The number of amides is 1. The lowest BCUT2D eigenvalue weighted by Crippen LogP contribution is -2.42. The van der Waals surface area contributed by atoms with E-state index >= 15 is 13.2 Å². The van der Waals surface area contributed by atoms with Gasteiger partial charge in [-0.25, -0.2) is 13.8 Å². The minimum absolute atomic E-state index is 0.0622. The molecule has 0 bridgehead atoms. The zero-order valence-corrected chi connectivity index (χ0v) is 28.6. The van der Waals surface area contributed by atoms with Gasteiger partial charge >= 0.3 is 5.92 Å². The van der Waals surface area contributed by atoms with Gasteiger partial charge in [0.15, 0.2) is 0 Å². The Bertz CT molecular complexity index is 2170. The molecule has 0 radical (unpaired) electrons. The van der Waals surface area contributed by atoms with Crippen LogP contribution in [-0.4, -0.2) is 85.1 Å². The van der Waals surface area contributed by atoms with E-state index in [0.29, 0.717) is 39.3 Å². The second kappa shape index (κ2) is 13.5. The van der Waals surface area contributed by atoms with Gasteiger partial charge in [-0.05, 0) is 49.1 Å². The van der Waals surface area contributed by atoms with E-state index in [0.717, 1.165) is 12.1 Å². The lowest BCUT2D eigenvalue weighted by atomic mass is 9.95. The van der Waals surface area contributed by atoms with Gasteiger partial charge in [0.1, 0.15) is 41.1 Å². The first-order chi connectivity index (χ1) is 24.4. The summed E-state index contributed by atoms with van der Waals surface area (Å²) >= 11 is 1.27. The van der Waals surface area contributed by atoms with Gasteiger partial charge < -0.3 is 19.8 Å². The second-order valence-electron chi connectivity index (χ2n) is 12.7. The molecule has 1 amide bonds. The van der Waals surface area contributed by atoms with Gasteiger partial charge in [0.2, 0.25) is 5.91 Å². The summed E-state index contributed by atoms with van der Waals surface area (Å²) in [5.41, 5.74) is 2.12. The number of pyridine rings is 2. The van der Waals surface area contributed by atoms with Gasteiger partial charge in [0.25, 0.3) is 0 Å². The highest BCUT2D eigenvalue weighted by atomic mass is 32.1. The van der Waals surface area contributed by atoms with E-state index < -0.39 is 36.8 Å². The summed E-state index contributed by atoms with van der Waals surface area (Å²) in [6.07, 6.45) is 2.59. The minimum Gasteiger partial charge on any atom is -0.490 e. The molecule has 0 saturated carbocycles. The Morgan fingerprint density at radius 3 is 2.69 bits per heavy atom. The van der Waals surface area contributed by atoms with Crippen molar-refractivity contribution in [1.82, 2.24) is 29.5 Å². The summed E-state index contributed by atoms with van der Waals surface area (Å²) in [4.78, 5) is 25.2. The molecule has 0 spiro atoms. The van der Waals surface area contributed by atoms with Crippen molar-refractivity contribution in [3.05, 3.63) is 83.1 Å². The molecular weight excluding hydrogens is 688 g/mol. The summed E-state index contributed by atoms with van der Waals surface area (Å²) in [6.45, 7) is 6.48. The number of aliphatic hydroxyl groups is 2. The molecule has 2 unspecified atom stereocenters. The molecule has 51 heavy (non-hydrogen) atoms. The van der Waals surface area contributed by atoms with Crippen LogP contribution in [0.15, 0.2) is 54.6 Å². The van der Waals surface area contributed by atoms with Crippen LogP contribution < -0.4 is 4.74 Å². The van der Waals surface area contributed by atoms with Gasteiger partial charge in [-0.3, -0.25) is 19.4 Å². The molecule has 4 aromatic heterocycles. The number of hydrogen-bond donors (Lipinski definition) is 2. The predicted molar refractivity (Wildman–Crippen MR) is 183 cm³/mol. The number of thiophene rings is 1. The fourth-order valence-corrected chi connectivity index (χ4v) is 7.98. The van der Waals surface area contributed by atoms with Crippen LogP contribution in [0, 0.1) is 11.6 Å². The standard InChI is InChI=1S/C36H34F4N6O4S/c1-4-29(49)45-16-19(2)46-27(20(45)3)14-26(43-46)33-31(30-25(38)12-23(37)13-28(30)50-9-8-48)34-24(5-10-51-34)32(42-33)21-11-22-17-44(6-7-47)18-36(39,40)35(22)41-15-21/h4-5,10-15,19-20,47-48H,1,6-9,16-18H2,2-3H3. The first kappa shape index (κ1) is 34.7. The van der Waals surface area contributed by atoms with Crippen molar-refractivity contribution in [1.29, 1.82) is 0 Å². The third-order valence-electron chi connectivity index (χ3n) is 9.28. The van der Waals surface area contributed by atoms with E-state index in [1.807, 2.05) is 13.8 Å². The molecule has 7 rings (SSSR count). The highest BCUT2D eigenvalue weighted by Gasteiger charge is 2.42. The molecule has 0 fully saturated rings. The smallest absolute Gasteiger partial charge is 0.302 e. The molecule has 15 heteroatoms. The zero-order chi connectivity index (χ0) is 36.2. The predicted octanol–water partition coefficient (Wildman–Crippen LogP) is 6.09. The first-order valence-electron chi connectivity index (χ1n) is 16.3. The first-order valence-corrected chi connectivity index (χ1v) is 17.2. The highest BCUT2D eigenvalue weighted by Crippen LogP contribution is 2.48. The van der Waals surface area contributed by atoms with E-state index in [1.165, 1.54) is 28.5 Å². The van der Waals surface area contributed by atoms with Crippen molar-refractivity contribution in [3.63, 3.8) is 0 Å². The monoisotopic (exact) mass is 722 g/mol. The summed E-state index contributed by atoms with van der Waals surface area (Å²) in [6, 6.07) is 6.29. The largest absolute Gasteiger partial charge is 0.490 e. The van der Waals surface area contributed by atoms with Crippen LogP contribution in [0.25, 0.3) is 43.9 Å². The van der Waals surface area contributed by atoms with Gasteiger partial charge in [0.05, 0.1) is 48.8 Å². The quantitative estimate of drug-likeness (QED) is 0.139. The number of alkyl halides is 2. The lowest BCUT2D eigenvalue weighted by Gasteiger charge is -2.36. The molecule has 10 nitrogen and oxygen atoms in total. The van der Waals surface area contributed by atoms with Gasteiger partial charge in [-0.1, -0.05) is 6.58 Å². The van der Waals surface area contributed by atoms with Gasteiger partial charge in [0, 0.05) is 59.2 Å². The molecule has 2 aliphatic heterocycles. The Hall–Kier alpha value is -4.70. The maximum atomic E-state index is 16.1. The van der Waals surface area contributed by atoms with Crippen LogP contribution in [0.5, 0.6) is 5.75 Å². The molecule has 2 N–H and O–H groups in total. The van der Waals surface area contributed by atoms with Crippen LogP contribution in [0.1, 0.15) is 42.9 Å². The number of β-amino-alcohol motifs (C(OH)–C–C–N with tert-alkyl or cyclic N) is 1. The maximum absolute atomic E-state index is 16.1. The number of fused-ring (bicyclic) bond motifs is 3. The molecule has 5 aromatic rings. The molecule has 6 heterocycles. The van der Waals surface area contributed by atoms with Crippen LogP contribution in [-0.2, 0) is 17.3 Å². The SMILES string of the molecule is C=CC(=O)N1CC(C)n2nc(-c3nc(-c4cnc5c(c4)CN(CCO)CC5(F)F)c4ccsc4c3-c3c(F)cc(F)cc3OCCO)cc2C1C. The summed E-state index contributed by atoms with van der Waals surface area (Å²) in [7, 11) is 0. The Labute approximate surface area is 294 Å². The molecule has 266 valence electrons. The second-order valence-corrected chi connectivity index (χ2v) is 13.6. The fourth-order valence-electron chi connectivity index (χ4n) is 7.03. The lowest BCUT2D eigenvalue weighted by molar-refractivity contribution is -0.129. The van der Waals surface area contributed by atoms with Crippen molar-refractivity contribution in [3.8, 4) is 39.5 Å². The van der Waals surface area contributed by atoms with Crippen LogP contribution >= 0.6 is 11.3 Å². The minimum atomic E-state index is -3.24. The van der Waals surface area contributed by atoms with Crippen LogP contribution in [0.2, 0.25) is 0 Å². The number of benzene rings is 1. The van der Waals surface area contributed by atoms with Crippen molar-refractivity contribution < 1.29 is 37.3 Å². The molecule has 2 atom stereocenters. The van der Waals surface area contributed by atoms with Crippen LogP contribution in [0.3, 0.4) is 0 Å². The zero-order valence-electron chi connectivity index (χ0n) is 27.7. The molecule has 2 aliphatic rings. The Morgan fingerprint density at radius 1 is 1.14 bits per heavy atom. The number of ether oxygens (including phenoxy) is 1. The van der Waals surface area contributed by atoms with Crippen LogP contribution in [0.4, 0.5) is 17.6 Å². The third-order valence-corrected chi connectivity index (χ3v) is 10.2. The average Bonchev–Trinajstić information content (AvgIpc) is 3.77. The van der Waals surface area contributed by atoms with Crippen molar-refractivity contribution in [2.45, 2.75) is 38.4 Å². The number of aromatic nitrogens is 4. The fraction of sp³-hybridized carbons (Fsp3) is 0.333. The van der Waals surface area contributed by atoms with E-state index in [9.17, 15) is 19.4 Å². The molecule has 0 aliphatic carbocycles. The topological polar surface area (TPSA) is 117 Å². The molecule has 0 saturated heterocycles. The van der Waals surface area contributed by atoms with E-state index in [1.54, 1.807) is 33.2 Å². The number of halogens is 4. The van der Waals surface area contributed by atoms with Crippen molar-refractivity contribution in [2.75, 3.05) is 39.5 Å². The maximum Gasteiger partial charge on any atom is 0.302 e. The van der Waals surface area contributed by atoms with Crippen molar-refractivity contribution in [2.24, 2.45) is 0 Å².